The Kier molecular flexibility index (Phi) is 12.3. The number of ether oxygens (including phenoxy) is 1. The molecule has 0 bridgehead atoms. The average molecular weight is 168 g/mol. The standard InChI is InChI=1S/C4H8O.C4H9.K/c1-2-4-5-3-1;1-3-4-2;/h1-4H2;1,3-4H2,2H3;. The Morgan fingerprint density at radius 3 is 2.00 bits per heavy atom. The second-order valence-electron chi connectivity index (χ2n) is 2.67. The molecule has 1 saturated heterocycles. The first kappa shape index (κ1) is 11.6. The third-order valence-corrected chi connectivity index (χ3v) is 2.64. The van der Waals surface area contributed by atoms with Gasteiger partial charge in [0, 0.05) is 13.2 Å². The van der Waals surface area contributed by atoms with Crippen LogP contribution in [0.1, 0.15) is 32.6 Å². The zero-order valence-electron chi connectivity index (χ0n) is 7.36. The fraction of sp³-hybridized carbons (Fsp3) is 1.00. The third-order valence-electron chi connectivity index (χ3n) is 1.53. The van der Waals surface area contributed by atoms with E-state index in [2.05, 4.69) is 6.92 Å². The van der Waals surface area contributed by atoms with E-state index in [0.29, 0.717) is 0 Å². The average Bonchev–Trinajstić information content (AvgIpc) is 2.44. The molecule has 0 atom stereocenters. The van der Waals surface area contributed by atoms with Crippen LogP contribution in [0, 0.1) is 0 Å². The summed E-state index contributed by atoms with van der Waals surface area (Å²) in [5.41, 5.74) is 0. The van der Waals surface area contributed by atoms with E-state index in [0.717, 1.165) is 62.2 Å². The van der Waals surface area contributed by atoms with Gasteiger partial charge in [-0.05, 0) is 12.8 Å². The van der Waals surface area contributed by atoms with Gasteiger partial charge < -0.3 is 4.74 Å². The topological polar surface area (TPSA) is 9.23 Å². The quantitative estimate of drug-likeness (QED) is 0.574. The van der Waals surface area contributed by atoms with Crippen molar-refractivity contribution in [3.8, 4) is 0 Å². The Morgan fingerprint density at radius 2 is 1.90 bits per heavy atom. The van der Waals surface area contributed by atoms with Crippen molar-refractivity contribution in [3.63, 3.8) is 0 Å². The Bertz CT molecular complexity index is 43.6. The van der Waals surface area contributed by atoms with E-state index in [4.69, 9.17) is 4.74 Å². The summed E-state index contributed by atoms with van der Waals surface area (Å²) >= 11 is 1.11. The van der Waals surface area contributed by atoms with Crippen LogP contribution in [-0.4, -0.2) is 62.2 Å². The summed E-state index contributed by atoms with van der Waals surface area (Å²) in [5.74, 6) is 0. The van der Waals surface area contributed by atoms with E-state index in [1.54, 1.807) is 0 Å². The molecule has 0 aromatic heterocycles. The predicted octanol–water partition coefficient (Wildman–Crippen LogP) is 2.17. The molecule has 0 radical (unpaired) electrons. The number of rotatable bonds is 2. The Labute approximate surface area is 98.5 Å². The van der Waals surface area contributed by atoms with Crippen molar-refractivity contribution in [1.82, 2.24) is 0 Å². The molecule has 1 fully saturated rings. The summed E-state index contributed by atoms with van der Waals surface area (Å²) in [4.78, 5) is 0. The molecule has 1 heterocycles. The molecule has 0 spiro atoms. The summed E-state index contributed by atoms with van der Waals surface area (Å²) in [6.07, 6.45) is 5.42. The summed E-state index contributed by atoms with van der Waals surface area (Å²) in [6.45, 7) is 4.24. The molecule has 56 valence electrons. The van der Waals surface area contributed by atoms with E-state index >= 15 is 0 Å². The van der Waals surface area contributed by atoms with Crippen molar-refractivity contribution in [2.24, 2.45) is 0 Å². The summed E-state index contributed by atoms with van der Waals surface area (Å²) < 4.78 is 6.48. The Balaban J connectivity index is 0.000000162. The van der Waals surface area contributed by atoms with Gasteiger partial charge in [-0.2, -0.15) is 0 Å². The molecule has 0 aromatic carbocycles. The van der Waals surface area contributed by atoms with Crippen LogP contribution in [-0.2, 0) is 4.74 Å². The fourth-order valence-corrected chi connectivity index (χ4v) is 1.97. The van der Waals surface area contributed by atoms with Crippen LogP contribution in [0.15, 0.2) is 0 Å². The van der Waals surface area contributed by atoms with E-state index in [1.165, 1.54) is 26.2 Å². The first-order chi connectivity index (χ1) is 4.91. The van der Waals surface area contributed by atoms with Crippen LogP contribution >= 0.6 is 0 Å². The van der Waals surface area contributed by atoms with Gasteiger partial charge in [0.25, 0.3) is 0 Å². The van der Waals surface area contributed by atoms with E-state index in [1.807, 2.05) is 0 Å². The third kappa shape index (κ3) is 9.60. The van der Waals surface area contributed by atoms with Crippen LogP contribution in [0.4, 0.5) is 0 Å². The summed E-state index contributed by atoms with van der Waals surface area (Å²) in [6, 6.07) is 0. The van der Waals surface area contributed by atoms with Crippen LogP contribution in [0.5, 0.6) is 0 Å². The van der Waals surface area contributed by atoms with Gasteiger partial charge >= 0.3 is 69.2 Å². The molecule has 2 heteroatoms. The van der Waals surface area contributed by atoms with Gasteiger partial charge in [-0.15, -0.1) is 0 Å². The molecule has 0 saturated carbocycles. The molecular formula is C8H17KO. The number of hydrogen-bond acceptors (Lipinski definition) is 1. The van der Waals surface area contributed by atoms with E-state index < -0.39 is 0 Å². The Morgan fingerprint density at radius 1 is 1.30 bits per heavy atom. The molecule has 0 aromatic rings. The predicted molar refractivity (Wildman–Crippen MR) is 45.5 cm³/mol. The zero-order chi connectivity index (χ0) is 7.66. The van der Waals surface area contributed by atoms with Crippen molar-refractivity contribution in [2.45, 2.75) is 33.1 Å². The second-order valence-corrected chi connectivity index (χ2v) is 4.23. The van der Waals surface area contributed by atoms with Crippen molar-refractivity contribution in [3.05, 3.63) is 0 Å². The van der Waals surface area contributed by atoms with Crippen LogP contribution < -0.4 is 0 Å². The minimum absolute atomic E-state index is 1.00. The van der Waals surface area contributed by atoms with Gasteiger partial charge in [0.05, 0.1) is 0 Å². The normalized spacial score (nSPS) is 16.3. The summed E-state index contributed by atoms with van der Waals surface area (Å²) in [5, 5.41) is 0. The van der Waals surface area contributed by atoms with Crippen molar-refractivity contribution in [1.29, 1.82) is 0 Å². The maximum absolute atomic E-state index is 4.94. The fourth-order valence-electron chi connectivity index (χ4n) is 0.864. The van der Waals surface area contributed by atoms with Gasteiger partial charge in [0.15, 0.2) is 0 Å². The maximum atomic E-state index is 4.94. The number of unbranched alkanes of at least 4 members (excludes halogenated alkanes) is 1. The van der Waals surface area contributed by atoms with Crippen molar-refractivity contribution >= 4 is 49.0 Å². The molecule has 1 rings (SSSR count). The zero-order valence-corrected chi connectivity index (χ0v) is 10.5. The van der Waals surface area contributed by atoms with Crippen LogP contribution in [0.25, 0.3) is 0 Å². The monoisotopic (exact) mass is 168 g/mol. The minimum atomic E-state index is 1.00. The molecular weight excluding hydrogens is 151 g/mol. The van der Waals surface area contributed by atoms with Gasteiger partial charge in [-0.3, -0.25) is 0 Å². The molecule has 1 aliphatic rings. The molecule has 1 aliphatic heterocycles. The van der Waals surface area contributed by atoms with Gasteiger partial charge in [0.1, 0.15) is 0 Å². The van der Waals surface area contributed by atoms with Crippen LogP contribution in [0.2, 0.25) is 0.515 Å². The van der Waals surface area contributed by atoms with Crippen molar-refractivity contribution < 1.29 is 4.74 Å². The number of hydrogen-bond donors (Lipinski definition) is 0. The van der Waals surface area contributed by atoms with E-state index in [-0.39, 0.29) is 0 Å². The first-order valence-corrected chi connectivity index (χ1v) is 6.70. The molecule has 1 nitrogen and oxygen atoms in total. The molecule has 0 aliphatic carbocycles. The van der Waals surface area contributed by atoms with Gasteiger partial charge in [-0.25, -0.2) is 0 Å². The molecule has 0 unspecified atom stereocenters. The molecule has 0 N–H and O–H groups in total. The van der Waals surface area contributed by atoms with Crippen LogP contribution in [0.3, 0.4) is 0 Å². The first-order valence-electron chi connectivity index (χ1n) is 4.49. The van der Waals surface area contributed by atoms with Crippen molar-refractivity contribution in [2.75, 3.05) is 13.2 Å². The SMILES string of the molecule is C1CCOC1.CCC[CH2][K]. The molecule has 0 amide bonds. The Hall–Kier alpha value is 1.60. The second kappa shape index (κ2) is 10.6. The van der Waals surface area contributed by atoms with Gasteiger partial charge in [-0.1, -0.05) is 0 Å². The van der Waals surface area contributed by atoms with Gasteiger partial charge in [0.2, 0.25) is 0 Å². The summed E-state index contributed by atoms with van der Waals surface area (Å²) in [7, 11) is 0. The van der Waals surface area contributed by atoms with E-state index in [9.17, 15) is 0 Å². The molecule has 10 heavy (non-hydrogen) atoms.